The first-order valence-corrected chi connectivity index (χ1v) is 14.5. The zero-order valence-electron chi connectivity index (χ0n) is 24.1. The molecular formula is C30H39ClN4O4S. The summed E-state index contributed by atoms with van der Waals surface area (Å²) in [4.78, 5) is 28.0. The summed E-state index contributed by atoms with van der Waals surface area (Å²) in [5, 5.41) is 12.8. The molecule has 0 saturated carbocycles. The summed E-state index contributed by atoms with van der Waals surface area (Å²) in [5.74, 6) is 1.36. The molecule has 8 nitrogen and oxygen atoms in total. The number of anilines is 1. The lowest BCUT2D eigenvalue weighted by Gasteiger charge is -2.27. The van der Waals surface area contributed by atoms with Crippen LogP contribution in [0.2, 0.25) is 5.02 Å². The van der Waals surface area contributed by atoms with E-state index in [1.54, 1.807) is 31.3 Å². The standard InChI is InChI=1S/C30H39ClN4O4S/c1-20(19-30(2,3)4)17-27(37)35(15-13-21-7-12-24(38-5)25(18-21)39-6)16-14-26(36)32-29-34-33-28(40-29)22-8-10-23(31)11-9-22/h7-12,18,20H,13-17,19H2,1-6H3,(H,32,34,36). The van der Waals surface area contributed by atoms with Crippen molar-refractivity contribution in [1.29, 1.82) is 0 Å². The second-order valence-corrected chi connectivity index (χ2v) is 12.5. The van der Waals surface area contributed by atoms with Crippen molar-refractivity contribution in [3.63, 3.8) is 0 Å². The van der Waals surface area contributed by atoms with Crippen molar-refractivity contribution in [2.24, 2.45) is 11.3 Å². The van der Waals surface area contributed by atoms with Crippen LogP contribution in [0.15, 0.2) is 42.5 Å². The Kier molecular flexibility index (Phi) is 11.3. The third kappa shape index (κ3) is 9.78. The molecule has 40 heavy (non-hydrogen) atoms. The zero-order valence-corrected chi connectivity index (χ0v) is 25.7. The Bertz CT molecular complexity index is 1270. The highest BCUT2D eigenvalue weighted by Crippen LogP contribution is 2.29. The van der Waals surface area contributed by atoms with Gasteiger partial charge in [0.05, 0.1) is 14.2 Å². The summed E-state index contributed by atoms with van der Waals surface area (Å²) >= 11 is 7.25. The number of carbonyl (C=O) groups excluding carboxylic acids is 2. The summed E-state index contributed by atoms with van der Waals surface area (Å²) < 4.78 is 10.8. The van der Waals surface area contributed by atoms with E-state index in [1.165, 1.54) is 11.3 Å². The first kappa shape index (κ1) is 31.4. The summed E-state index contributed by atoms with van der Waals surface area (Å²) in [7, 11) is 3.20. The zero-order chi connectivity index (χ0) is 29.3. The summed E-state index contributed by atoms with van der Waals surface area (Å²) in [6.07, 6.45) is 2.16. The molecule has 0 saturated heterocycles. The van der Waals surface area contributed by atoms with Gasteiger partial charge in [-0.3, -0.25) is 9.59 Å². The minimum atomic E-state index is -0.217. The van der Waals surface area contributed by atoms with Crippen molar-refractivity contribution in [2.75, 3.05) is 32.6 Å². The maximum atomic E-state index is 13.4. The van der Waals surface area contributed by atoms with Gasteiger partial charge in [0.1, 0.15) is 5.01 Å². The number of amides is 2. The quantitative estimate of drug-likeness (QED) is 0.238. The number of carbonyl (C=O) groups is 2. The molecule has 0 aliphatic heterocycles. The van der Waals surface area contributed by atoms with Crippen LogP contribution in [-0.2, 0) is 16.0 Å². The number of methoxy groups -OCH3 is 2. The number of nitrogens with one attached hydrogen (secondary N) is 1. The van der Waals surface area contributed by atoms with Crippen molar-refractivity contribution in [3.8, 4) is 22.1 Å². The van der Waals surface area contributed by atoms with Gasteiger partial charge >= 0.3 is 0 Å². The Hall–Kier alpha value is -3.17. The van der Waals surface area contributed by atoms with Crippen LogP contribution in [0.3, 0.4) is 0 Å². The number of halogens is 1. The minimum absolute atomic E-state index is 0.0472. The number of hydrogen-bond donors (Lipinski definition) is 1. The van der Waals surface area contributed by atoms with Crippen LogP contribution in [0.5, 0.6) is 11.5 Å². The van der Waals surface area contributed by atoms with Crippen LogP contribution in [0.4, 0.5) is 5.13 Å². The van der Waals surface area contributed by atoms with Gasteiger partial charge in [-0.2, -0.15) is 0 Å². The van der Waals surface area contributed by atoms with E-state index >= 15 is 0 Å². The van der Waals surface area contributed by atoms with Crippen LogP contribution < -0.4 is 14.8 Å². The van der Waals surface area contributed by atoms with E-state index in [-0.39, 0.29) is 29.6 Å². The highest BCUT2D eigenvalue weighted by atomic mass is 35.5. The molecule has 0 aliphatic carbocycles. The van der Waals surface area contributed by atoms with E-state index in [0.717, 1.165) is 17.5 Å². The third-order valence-corrected chi connectivity index (χ3v) is 7.47. The Morgan fingerprint density at radius 2 is 1.73 bits per heavy atom. The molecular weight excluding hydrogens is 548 g/mol. The topological polar surface area (TPSA) is 93.6 Å². The average molecular weight is 587 g/mol. The lowest BCUT2D eigenvalue weighted by molar-refractivity contribution is -0.132. The second kappa shape index (κ2) is 14.5. The van der Waals surface area contributed by atoms with E-state index in [4.69, 9.17) is 21.1 Å². The Balaban J connectivity index is 1.64. The molecule has 3 aromatic rings. The van der Waals surface area contributed by atoms with Crippen LogP contribution in [0, 0.1) is 11.3 Å². The van der Waals surface area contributed by atoms with Gasteiger partial charge in [0, 0.05) is 36.5 Å². The molecule has 2 aromatic carbocycles. The van der Waals surface area contributed by atoms with E-state index in [9.17, 15) is 9.59 Å². The number of rotatable bonds is 13. The smallest absolute Gasteiger partial charge is 0.227 e. The van der Waals surface area contributed by atoms with Gasteiger partial charge in [-0.05, 0) is 54.0 Å². The minimum Gasteiger partial charge on any atom is -0.493 e. The van der Waals surface area contributed by atoms with Crippen LogP contribution in [0.1, 0.15) is 52.5 Å². The van der Waals surface area contributed by atoms with Crippen LogP contribution in [-0.4, -0.2) is 54.2 Å². The molecule has 0 fully saturated rings. The third-order valence-electron chi connectivity index (χ3n) is 6.33. The molecule has 0 bridgehead atoms. The molecule has 1 atom stereocenters. The molecule has 0 spiro atoms. The van der Waals surface area contributed by atoms with Crippen LogP contribution in [0.25, 0.3) is 10.6 Å². The molecule has 1 aromatic heterocycles. The Morgan fingerprint density at radius 3 is 2.38 bits per heavy atom. The van der Waals surface area contributed by atoms with Gasteiger partial charge in [0.2, 0.25) is 16.9 Å². The maximum absolute atomic E-state index is 13.4. The molecule has 2 amide bonds. The first-order chi connectivity index (χ1) is 19.0. The van der Waals surface area contributed by atoms with Crippen molar-refractivity contribution in [1.82, 2.24) is 15.1 Å². The molecule has 1 heterocycles. The van der Waals surface area contributed by atoms with E-state index in [1.807, 2.05) is 30.3 Å². The number of benzene rings is 2. The number of hydrogen-bond acceptors (Lipinski definition) is 7. The maximum Gasteiger partial charge on any atom is 0.227 e. The van der Waals surface area contributed by atoms with Crippen molar-refractivity contribution in [3.05, 3.63) is 53.1 Å². The highest BCUT2D eigenvalue weighted by molar-refractivity contribution is 7.18. The highest BCUT2D eigenvalue weighted by Gasteiger charge is 2.22. The van der Waals surface area contributed by atoms with Crippen LogP contribution >= 0.6 is 22.9 Å². The molecule has 3 rings (SSSR count). The molecule has 10 heteroatoms. The largest absolute Gasteiger partial charge is 0.493 e. The fourth-order valence-electron chi connectivity index (χ4n) is 4.61. The fraction of sp³-hybridized carbons (Fsp3) is 0.467. The summed E-state index contributed by atoms with van der Waals surface area (Å²) in [6.45, 7) is 9.44. The molecule has 1 unspecified atom stereocenters. The monoisotopic (exact) mass is 586 g/mol. The molecule has 0 radical (unpaired) electrons. The van der Waals surface area contributed by atoms with Crippen molar-refractivity contribution >= 4 is 39.9 Å². The van der Waals surface area contributed by atoms with Gasteiger partial charge in [0.15, 0.2) is 11.5 Å². The number of ether oxygens (including phenoxy) is 2. The second-order valence-electron chi connectivity index (χ2n) is 11.1. The van der Waals surface area contributed by atoms with E-state index in [2.05, 4.69) is 43.2 Å². The van der Waals surface area contributed by atoms with E-state index in [0.29, 0.717) is 52.6 Å². The summed E-state index contributed by atoms with van der Waals surface area (Å²) in [6, 6.07) is 13.0. The van der Waals surface area contributed by atoms with Gasteiger partial charge in [0.25, 0.3) is 0 Å². The Labute approximate surface area is 246 Å². The summed E-state index contributed by atoms with van der Waals surface area (Å²) in [5.41, 5.74) is 2.03. The number of aromatic nitrogens is 2. The first-order valence-electron chi connectivity index (χ1n) is 13.4. The predicted molar refractivity (Wildman–Crippen MR) is 161 cm³/mol. The molecule has 0 aliphatic rings. The number of nitrogens with zero attached hydrogens (tertiary/aromatic N) is 3. The predicted octanol–water partition coefficient (Wildman–Crippen LogP) is 6.74. The van der Waals surface area contributed by atoms with Crippen molar-refractivity contribution in [2.45, 2.75) is 53.4 Å². The van der Waals surface area contributed by atoms with Gasteiger partial charge < -0.3 is 19.7 Å². The SMILES string of the molecule is COc1ccc(CCN(CCC(=O)Nc2nnc(-c3ccc(Cl)cc3)s2)C(=O)CC(C)CC(C)(C)C)cc1OC. The molecule has 216 valence electrons. The van der Waals surface area contributed by atoms with E-state index < -0.39 is 0 Å². The van der Waals surface area contributed by atoms with Gasteiger partial charge in [-0.1, -0.05) is 68.8 Å². The van der Waals surface area contributed by atoms with Crippen molar-refractivity contribution < 1.29 is 19.1 Å². The molecule has 1 N–H and O–H groups in total. The average Bonchev–Trinajstić information content (AvgIpc) is 3.35. The van der Waals surface area contributed by atoms with Gasteiger partial charge in [-0.15, -0.1) is 10.2 Å². The normalized spacial score (nSPS) is 12.1. The Morgan fingerprint density at radius 1 is 1.02 bits per heavy atom. The van der Waals surface area contributed by atoms with Gasteiger partial charge in [-0.25, -0.2) is 0 Å². The lowest BCUT2D eigenvalue weighted by Crippen LogP contribution is -2.36. The lowest BCUT2D eigenvalue weighted by atomic mass is 9.84. The fourth-order valence-corrected chi connectivity index (χ4v) is 5.50.